The predicted octanol–water partition coefficient (Wildman–Crippen LogP) is 2.40. The molecule has 0 aliphatic heterocycles. The minimum absolute atomic E-state index is 0.301. The van der Waals surface area contributed by atoms with Gasteiger partial charge in [0.25, 0.3) is 0 Å². The van der Waals surface area contributed by atoms with Crippen LogP contribution in [0.25, 0.3) is 0 Å². The molecule has 3 nitrogen and oxygen atoms in total. The van der Waals surface area contributed by atoms with E-state index >= 15 is 0 Å². The van der Waals surface area contributed by atoms with Crippen molar-refractivity contribution in [1.82, 2.24) is 0 Å². The quantitative estimate of drug-likeness (QED) is 0.769. The van der Waals surface area contributed by atoms with Gasteiger partial charge in [0.2, 0.25) is 0 Å². The van der Waals surface area contributed by atoms with Crippen LogP contribution in [0.1, 0.15) is 12.5 Å². The molecular formula is C12H14O3. The molecule has 0 fully saturated rings. The van der Waals surface area contributed by atoms with Gasteiger partial charge in [0.15, 0.2) is 0 Å². The van der Waals surface area contributed by atoms with E-state index < -0.39 is 5.97 Å². The van der Waals surface area contributed by atoms with Crippen LogP contribution < -0.4 is 4.74 Å². The van der Waals surface area contributed by atoms with Gasteiger partial charge in [-0.25, -0.2) is 4.79 Å². The number of carboxylic acid groups (broad SMARTS) is 1. The number of carboxylic acids is 1. The fourth-order valence-electron chi connectivity index (χ4n) is 1.15. The molecule has 1 aromatic carbocycles. The smallest absolute Gasteiger partial charge is 0.328 e. The van der Waals surface area contributed by atoms with Crippen LogP contribution in [-0.4, -0.2) is 17.7 Å². The Balaban J connectivity index is 2.54. The van der Waals surface area contributed by atoms with Gasteiger partial charge < -0.3 is 9.84 Å². The number of rotatable bonds is 4. The van der Waals surface area contributed by atoms with Crippen molar-refractivity contribution < 1.29 is 14.6 Å². The van der Waals surface area contributed by atoms with Gasteiger partial charge in [-0.15, -0.1) is 0 Å². The molecule has 0 amide bonds. The van der Waals surface area contributed by atoms with Crippen LogP contribution in [0.2, 0.25) is 0 Å². The van der Waals surface area contributed by atoms with Crippen LogP contribution in [0.5, 0.6) is 5.75 Å². The van der Waals surface area contributed by atoms with Crippen LogP contribution in [0.3, 0.4) is 0 Å². The zero-order valence-corrected chi connectivity index (χ0v) is 8.86. The van der Waals surface area contributed by atoms with Gasteiger partial charge in [-0.3, -0.25) is 0 Å². The number of hydrogen-bond acceptors (Lipinski definition) is 2. The van der Waals surface area contributed by atoms with E-state index in [2.05, 4.69) is 0 Å². The summed E-state index contributed by atoms with van der Waals surface area (Å²) in [6.45, 7) is 4.01. The Morgan fingerprint density at radius 1 is 1.53 bits per heavy atom. The second kappa shape index (κ2) is 5.20. The summed E-state index contributed by atoms with van der Waals surface area (Å²) in [5, 5.41) is 8.49. The standard InChI is InChI=1S/C12H14O3/c1-9-4-3-5-11(6-9)15-8-10(2)7-12(13)14/h3-7H,8H2,1-2H3,(H,13,14)/b10-7+. The minimum Gasteiger partial charge on any atom is -0.489 e. The van der Waals surface area contributed by atoms with Gasteiger partial charge in [-0.05, 0) is 37.1 Å². The number of carbonyl (C=O) groups is 1. The van der Waals surface area contributed by atoms with E-state index in [1.807, 2.05) is 31.2 Å². The highest BCUT2D eigenvalue weighted by Crippen LogP contribution is 2.13. The Bertz CT molecular complexity index is 380. The first-order valence-corrected chi connectivity index (χ1v) is 4.67. The molecule has 0 aliphatic rings. The second-order valence-corrected chi connectivity index (χ2v) is 3.43. The molecule has 0 heterocycles. The van der Waals surface area contributed by atoms with Crippen LogP contribution in [-0.2, 0) is 4.79 Å². The average molecular weight is 206 g/mol. The molecule has 1 N–H and O–H groups in total. The van der Waals surface area contributed by atoms with Crippen molar-refractivity contribution in [2.75, 3.05) is 6.61 Å². The van der Waals surface area contributed by atoms with E-state index in [1.54, 1.807) is 6.92 Å². The lowest BCUT2D eigenvalue weighted by atomic mass is 10.2. The maximum Gasteiger partial charge on any atom is 0.328 e. The third-order valence-electron chi connectivity index (χ3n) is 1.83. The van der Waals surface area contributed by atoms with E-state index in [0.717, 1.165) is 17.4 Å². The Morgan fingerprint density at radius 3 is 2.87 bits per heavy atom. The third kappa shape index (κ3) is 4.31. The molecule has 0 spiro atoms. The van der Waals surface area contributed by atoms with Crippen molar-refractivity contribution in [2.24, 2.45) is 0 Å². The molecule has 0 atom stereocenters. The molecule has 15 heavy (non-hydrogen) atoms. The maximum atomic E-state index is 10.3. The van der Waals surface area contributed by atoms with Gasteiger partial charge in [0.1, 0.15) is 12.4 Å². The van der Waals surface area contributed by atoms with Crippen molar-refractivity contribution in [2.45, 2.75) is 13.8 Å². The Morgan fingerprint density at radius 2 is 2.27 bits per heavy atom. The lowest BCUT2D eigenvalue weighted by Crippen LogP contribution is -2.01. The molecule has 0 unspecified atom stereocenters. The first kappa shape index (κ1) is 11.3. The first-order valence-electron chi connectivity index (χ1n) is 4.67. The molecule has 1 rings (SSSR count). The highest BCUT2D eigenvalue weighted by atomic mass is 16.5. The first-order chi connectivity index (χ1) is 7.08. The third-order valence-corrected chi connectivity index (χ3v) is 1.83. The van der Waals surface area contributed by atoms with Crippen LogP contribution in [0.4, 0.5) is 0 Å². The van der Waals surface area contributed by atoms with Crippen LogP contribution in [0, 0.1) is 6.92 Å². The number of hydrogen-bond donors (Lipinski definition) is 1. The lowest BCUT2D eigenvalue weighted by molar-refractivity contribution is -0.131. The van der Waals surface area contributed by atoms with E-state index in [-0.39, 0.29) is 0 Å². The number of ether oxygens (including phenoxy) is 1. The predicted molar refractivity (Wildman–Crippen MR) is 58.1 cm³/mol. The van der Waals surface area contributed by atoms with Gasteiger partial charge >= 0.3 is 5.97 Å². The normalized spacial score (nSPS) is 11.2. The topological polar surface area (TPSA) is 46.5 Å². The molecule has 0 radical (unpaired) electrons. The Hall–Kier alpha value is -1.77. The Kier molecular flexibility index (Phi) is 3.92. The van der Waals surface area contributed by atoms with Crippen molar-refractivity contribution in [1.29, 1.82) is 0 Å². The van der Waals surface area contributed by atoms with Crippen molar-refractivity contribution in [3.8, 4) is 5.75 Å². The van der Waals surface area contributed by atoms with E-state index in [0.29, 0.717) is 12.2 Å². The summed E-state index contributed by atoms with van der Waals surface area (Å²) in [7, 11) is 0. The lowest BCUT2D eigenvalue weighted by Gasteiger charge is -2.06. The monoisotopic (exact) mass is 206 g/mol. The highest BCUT2D eigenvalue weighted by molar-refractivity contribution is 5.80. The van der Waals surface area contributed by atoms with Gasteiger partial charge in [0, 0.05) is 6.08 Å². The summed E-state index contributed by atoms with van der Waals surface area (Å²) in [4.78, 5) is 10.3. The average Bonchev–Trinajstić information content (AvgIpc) is 2.14. The summed E-state index contributed by atoms with van der Waals surface area (Å²) in [6, 6.07) is 7.64. The van der Waals surface area contributed by atoms with E-state index in [9.17, 15) is 4.79 Å². The molecule has 1 aromatic rings. The van der Waals surface area contributed by atoms with E-state index in [1.165, 1.54) is 0 Å². The molecule has 80 valence electrons. The fraction of sp³-hybridized carbons (Fsp3) is 0.250. The van der Waals surface area contributed by atoms with Crippen molar-refractivity contribution >= 4 is 5.97 Å². The zero-order valence-electron chi connectivity index (χ0n) is 8.86. The SMILES string of the molecule is C/C(=C\C(=O)O)COc1cccc(C)c1. The summed E-state index contributed by atoms with van der Waals surface area (Å²) in [5.41, 5.74) is 1.80. The summed E-state index contributed by atoms with van der Waals surface area (Å²) in [6.07, 6.45) is 1.15. The second-order valence-electron chi connectivity index (χ2n) is 3.43. The van der Waals surface area contributed by atoms with Crippen LogP contribution in [0.15, 0.2) is 35.9 Å². The van der Waals surface area contributed by atoms with Crippen molar-refractivity contribution in [3.05, 3.63) is 41.5 Å². The summed E-state index contributed by atoms with van der Waals surface area (Å²) in [5.74, 6) is -0.187. The number of aliphatic carboxylic acids is 1. The molecule has 0 aliphatic carbocycles. The molecule has 0 bridgehead atoms. The maximum absolute atomic E-state index is 10.3. The summed E-state index contributed by atoms with van der Waals surface area (Å²) >= 11 is 0. The zero-order chi connectivity index (χ0) is 11.3. The molecule has 3 heteroatoms. The van der Waals surface area contributed by atoms with E-state index in [4.69, 9.17) is 9.84 Å². The van der Waals surface area contributed by atoms with Gasteiger partial charge in [0.05, 0.1) is 0 Å². The largest absolute Gasteiger partial charge is 0.489 e. The molecule has 0 aromatic heterocycles. The van der Waals surface area contributed by atoms with Gasteiger partial charge in [-0.1, -0.05) is 12.1 Å². The van der Waals surface area contributed by atoms with Gasteiger partial charge in [-0.2, -0.15) is 0 Å². The fourth-order valence-corrected chi connectivity index (χ4v) is 1.15. The number of benzene rings is 1. The number of aryl methyl sites for hydroxylation is 1. The molecule has 0 saturated carbocycles. The Labute approximate surface area is 89.0 Å². The molecule has 0 saturated heterocycles. The van der Waals surface area contributed by atoms with Crippen LogP contribution >= 0.6 is 0 Å². The summed E-state index contributed by atoms with van der Waals surface area (Å²) < 4.78 is 5.42. The minimum atomic E-state index is -0.944. The molecular weight excluding hydrogens is 192 g/mol. The van der Waals surface area contributed by atoms with Crippen molar-refractivity contribution in [3.63, 3.8) is 0 Å². The highest BCUT2D eigenvalue weighted by Gasteiger charge is 1.97.